The lowest BCUT2D eigenvalue weighted by atomic mass is 10.1. The molecule has 3 aromatic carbocycles. The van der Waals surface area contributed by atoms with Crippen molar-refractivity contribution in [3.05, 3.63) is 88.0 Å². The summed E-state index contributed by atoms with van der Waals surface area (Å²) in [6.07, 6.45) is 0.876. The van der Waals surface area contributed by atoms with Crippen molar-refractivity contribution in [2.75, 3.05) is 22.8 Å². The van der Waals surface area contributed by atoms with Gasteiger partial charge < -0.3 is 10.1 Å². The highest BCUT2D eigenvalue weighted by atomic mass is 32.2. The van der Waals surface area contributed by atoms with Gasteiger partial charge in [-0.25, -0.2) is 8.42 Å². The molecule has 0 spiro atoms. The van der Waals surface area contributed by atoms with Gasteiger partial charge in [0.15, 0.2) is 5.75 Å². The average Bonchev–Trinajstić information content (AvgIpc) is 3.05. The predicted molar refractivity (Wildman–Crippen MR) is 129 cm³/mol. The lowest BCUT2D eigenvalue weighted by Gasteiger charge is -2.16. The second kappa shape index (κ2) is 9.46. The number of para-hydroxylation sites is 1. The molecule has 1 heterocycles. The Balaban J connectivity index is 1.64. The molecule has 2 N–H and O–H groups in total. The lowest BCUT2D eigenvalue weighted by molar-refractivity contribution is -0.384. The van der Waals surface area contributed by atoms with Crippen LogP contribution in [0.25, 0.3) is 0 Å². The number of hydrogen-bond donors (Lipinski definition) is 2. The predicted octanol–water partition coefficient (Wildman–Crippen LogP) is 2.99. The molecule has 0 radical (unpaired) electrons. The number of amides is 3. The van der Waals surface area contributed by atoms with E-state index in [0.717, 1.165) is 18.4 Å². The molecule has 36 heavy (non-hydrogen) atoms. The van der Waals surface area contributed by atoms with E-state index in [1.807, 2.05) is 0 Å². The summed E-state index contributed by atoms with van der Waals surface area (Å²) in [7, 11) is -3.84. The van der Waals surface area contributed by atoms with E-state index in [4.69, 9.17) is 4.74 Å². The quantitative estimate of drug-likeness (QED) is 0.265. The molecule has 0 fully saturated rings. The SMILES string of the molecule is CS(=O)(=O)Nc1cc(NC(=O)CN2C(=O)c3ccccc3C2=O)c([N+](=O)[O-])cc1Oc1ccccc1. The minimum Gasteiger partial charge on any atom is -0.455 e. The van der Waals surface area contributed by atoms with E-state index in [-0.39, 0.29) is 34.0 Å². The molecule has 4 rings (SSSR count). The van der Waals surface area contributed by atoms with Gasteiger partial charge in [-0.15, -0.1) is 0 Å². The van der Waals surface area contributed by atoms with Crippen molar-refractivity contribution in [2.45, 2.75) is 0 Å². The van der Waals surface area contributed by atoms with Crippen LogP contribution < -0.4 is 14.8 Å². The van der Waals surface area contributed by atoms with Crippen LogP contribution in [0.5, 0.6) is 11.5 Å². The molecule has 184 valence electrons. The van der Waals surface area contributed by atoms with Crippen LogP contribution >= 0.6 is 0 Å². The number of rotatable bonds is 8. The van der Waals surface area contributed by atoms with Crippen molar-refractivity contribution in [1.29, 1.82) is 0 Å². The number of anilines is 2. The number of carbonyl (C=O) groups is 3. The standard InChI is InChI=1S/C23H18N4O8S/c1-36(33,34)25-18-11-17(19(27(31)32)12-20(18)35-14-7-3-2-4-8-14)24-21(28)13-26-22(29)15-9-5-6-10-16(15)23(26)30/h2-12,25H,13H2,1H3,(H,24,28). The third kappa shape index (κ3) is 5.15. The van der Waals surface area contributed by atoms with Crippen molar-refractivity contribution in [3.63, 3.8) is 0 Å². The first-order valence-electron chi connectivity index (χ1n) is 10.3. The number of sulfonamides is 1. The lowest BCUT2D eigenvalue weighted by Crippen LogP contribution is -2.37. The van der Waals surface area contributed by atoms with Crippen LogP contribution in [-0.4, -0.2) is 48.8 Å². The number of hydrogen-bond acceptors (Lipinski definition) is 8. The molecule has 1 aliphatic rings. The summed E-state index contributed by atoms with van der Waals surface area (Å²) in [4.78, 5) is 49.4. The highest BCUT2D eigenvalue weighted by Crippen LogP contribution is 2.39. The molecular formula is C23H18N4O8S. The highest BCUT2D eigenvalue weighted by Gasteiger charge is 2.36. The fourth-order valence-electron chi connectivity index (χ4n) is 3.52. The zero-order chi connectivity index (χ0) is 26.0. The normalized spacial score (nSPS) is 12.8. The Hall–Kier alpha value is -4.78. The largest absolute Gasteiger partial charge is 0.455 e. The summed E-state index contributed by atoms with van der Waals surface area (Å²) in [6.45, 7) is -0.708. The first-order chi connectivity index (χ1) is 17.0. The van der Waals surface area contributed by atoms with Crippen LogP contribution in [0, 0.1) is 10.1 Å². The summed E-state index contributed by atoms with van der Waals surface area (Å²) >= 11 is 0. The Bertz CT molecular complexity index is 1470. The van der Waals surface area contributed by atoms with Crippen molar-refractivity contribution < 1.29 is 32.5 Å². The van der Waals surface area contributed by atoms with Crippen molar-refractivity contribution in [3.8, 4) is 11.5 Å². The molecule has 0 aromatic heterocycles. The van der Waals surface area contributed by atoms with Gasteiger partial charge in [0.1, 0.15) is 18.0 Å². The van der Waals surface area contributed by atoms with E-state index in [1.165, 1.54) is 12.1 Å². The molecule has 0 aliphatic carbocycles. The molecule has 13 heteroatoms. The number of benzene rings is 3. The van der Waals surface area contributed by atoms with Gasteiger partial charge in [0.25, 0.3) is 17.5 Å². The Labute approximate surface area is 204 Å². The molecule has 1 aliphatic heterocycles. The molecule has 0 atom stereocenters. The number of imide groups is 1. The third-order valence-electron chi connectivity index (χ3n) is 5.01. The van der Waals surface area contributed by atoms with Crippen molar-refractivity contribution in [2.24, 2.45) is 0 Å². The van der Waals surface area contributed by atoms with E-state index in [2.05, 4.69) is 10.0 Å². The maximum Gasteiger partial charge on any atom is 0.296 e. The Morgan fingerprint density at radius 2 is 1.56 bits per heavy atom. The van der Waals surface area contributed by atoms with Gasteiger partial charge >= 0.3 is 0 Å². The Morgan fingerprint density at radius 3 is 2.11 bits per heavy atom. The van der Waals surface area contributed by atoms with Gasteiger partial charge in [0, 0.05) is 0 Å². The fourth-order valence-corrected chi connectivity index (χ4v) is 4.07. The first kappa shape index (κ1) is 24.3. The summed E-state index contributed by atoms with van der Waals surface area (Å²) in [5, 5.41) is 14.0. The van der Waals surface area contributed by atoms with Gasteiger partial charge in [-0.1, -0.05) is 30.3 Å². The van der Waals surface area contributed by atoms with Crippen LogP contribution in [0.15, 0.2) is 66.7 Å². The van der Waals surface area contributed by atoms with E-state index in [0.29, 0.717) is 4.90 Å². The fraction of sp³-hybridized carbons (Fsp3) is 0.0870. The van der Waals surface area contributed by atoms with Gasteiger partial charge in [-0.3, -0.25) is 34.1 Å². The van der Waals surface area contributed by atoms with E-state index < -0.39 is 44.9 Å². The van der Waals surface area contributed by atoms with Crippen molar-refractivity contribution in [1.82, 2.24) is 4.90 Å². The zero-order valence-electron chi connectivity index (χ0n) is 18.6. The minimum absolute atomic E-state index is 0.142. The number of fused-ring (bicyclic) bond motifs is 1. The molecule has 12 nitrogen and oxygen atoms in total. The summed E-state index contributed by atoms with van der Waals surface area (Å²) in [6, 6.07) is 16.2. The maximum absolute atomic E-state index is 12.7. The zero-order valence-corrected chi connectivity index (χ0v) is 19.4. The number of nitrogens with zero attached hydrogens (tertiary/aromatic N) is 2. The summed E-state index contributed by atoms with van der Waals surface area (Å²) in [5.41, 5.74) is -0.862. The van der Waals surface area contributed by atoms with E-state index >= 15 is 0 Å². The highest BCUT2D eigenvalue weighted by molar-refractivity contribution is 7.92. The number of nitro groups is 1. The summed E-state index contributed by atoms with van der Waals surface area (Å²) in [5.74, 6) is -2.16. The monoisotopic (exact) mass is 510 g/mol. The smallest absolute Gasteiger partial charge is 0.296 e. The topological polar surface area (TPSA) is 165 Å². The van der Waals surface area contributed by atoms with Crippen molar-refractivity contribution >= 4 is 44.8 Å². The number of carbonyl (C=O) groups excluding carboxylic acids is 3. The number of nitro benzene ring substituents is 1. The summed E-state index contributed by atoms with van der Waals surface area (Å²) < 4.78 is 31.6. The van der Waals surface area contributed by atoms with E-state index in [9.17, 15) is 32.9 Å². The number of nitrogens with one attached hydrogen (secondary N) is 2. The van der Waals surface area contributed by atoms with Gasteiger partial charge in [-0.05, 0) is 30.3 Å². The molecular weight excluding hydrogens is 492 g/mol. The molecule has 3 aromatic rings. The second-order valence-electron chi connectivity index (χ2n) is 7.70. The molecule has 3 amide bonds. The third-order valence-corrected chi connectivity index (χ3v) is 5.61. The first-order valence-corrected chi connectivity index (χ1v) is 12.2. The van der Waals surface area contributed by atoms with Crippen LogP contribution in [-0.2, 0) is 14.8 Å². The van der Waals surface area contributed by atoms with Crippen LogP contribution in [0.1, 0.15) is 20.7 Å². The average molecular weight is 510 g/mol. The maximum atomic E-state index is 12.7. The molecule has 0 saturated carbocycles. The van der Waals surface area contributed by atoms with Crippen LogP contribution in [0.4, 0.5) is 17.1 Å². The molecule has 0 bridgehead atoms. The number of ether oxygens (including phenoxy) is 1. The van der Waals surface area contributed by atoms with Crippen LogP contribution in [0.2, 0.25) is 0 Å². The van der Waals surface area contributed by atoms with Gasteiger partial charge in [-0.2, -0.15) is 0 Å². The van der Waals surface area contributed by atoms with Crippen LogP contribution in [0.3, 0.4) is 0 Å². The second-order valence-corrected chi connectivity index (χ2v) is 9.45. The van der Waals surface area contributed by atoms with E-state index in [1.54, 1.807) is 42.5 Å². The molecule has 0 saturated heterocycles. The molecule has 0 unspecified atom stereocenters. The minimum atomic E-state index is -3.84. The van der Waals surface area contributed by atoms with Gasteiger partial charge in [0.2, 0.25) is 15.9 Å². The Kier molecular flexibility index (Phi) is 6.40. The Morgan fingerprint density at radius 1 is 0.972 bits per heavy atom. The van der Waals surface area contributed by atoms with Gasteiger partial charge in [0.05, 0.1) is 34.1 Å².